The normalized spacial score (nSPS) is 15.4. The number of hydrogen-bond acceptors (Lipinski definition) is 7. The number of nitrogens with one attached hydrogen (secondary N) is 1. The van der Waals surface area contributed by atoms with E-state index in [1.807, 2.05) is 35.8 Å². The zero-order valence-electron chi connectivity index (χ0n) is 20.9. The molecule has 3 heterocycles. The maximum Gasteiger partial charge on any atom is 0.170 e. The summed E-state index contributed by atoms with van der Waals surface area (Å²) in [5.41, 5.74) is 6.31. The molecule has 1 atom stereocenters. The molecule has 4 aromatic rings. The molecule has 9 heteroatoms. The third-order valence-corrected chi connectivity index (χ3v) is 7.21. The number of anilines is 2. The molecule has 1 unspecified atom stereocenters. The Morgan fingerprint density at radius 1 is 1.00 bits per heavy atom. The molecule has 2 aromatic carbocycles. The van der Waals surface area contributed by atoms with Gasteiger partial charge in [0.05, 0.1) is 6.10 Å². The number of aliphatic hydroxyl groups excluding tert-OH is 1. The lowest BCUT2D eigenvalue weighted by Gasteiger charge is -2.37. The molecule has 0 radical (unpaired) electrons. The van der Waals surface area contributed by atoms with Gasteiger partial charge in [-0.3, -0.25) is 9.47 Å². The van der Waals surface area contributed by atoms with Crippen LogP contribution in [0.3, 0.4) is 0 Å². The Kier molecular flexibility index (Phi) is 7.09. The third-order valence-electron chi connectivity index (χ3n) is 6.96. The third kappa shape index (κ3) is 5.02. The van der Waals surface area contributed by atoms with Gasteiger partial charge in [-0.2, -0.15) is 0 Å². The second-order valence-electron chi connectivity index (χ2n) is 9.41. The van der Waals surface area contributed by atoms with Gasteiger partial charge < -0.3 is 15.3 Å². The number of imidazole rings is 1. The molecule has 188 valence electrons. The zero-order valence-corrected chi connectivity index (χ0v) is 21.7. The molecule has 8 nitrogen and oxygen atoms in total. The van der Waals surface area contributed by atoms with Crippen molar-refractivity contribution in [2.75, 3.05) is 49.5 Å². The van der Waals surface area contributed by atoms with Crippen LogP contribution in [0.4, 0.5) is 11.5 Å². The van der Waals surface area contributed by atoms with E-state index in [1.54, 1.807) is 0 Å². The van der Waals surface area contributed by atoms with Crippen molar-refractivity contribution >= 4 is 34.3 Å². The predicted octanol–water partition coefficient (Wildman–Crippen LogP) is 3.99. The van der Waals surface area contributed by atoms with Gasteiger partial charge in [-0.1, -0.05) is 23.7 Å². The Morgan fingerprint density at radius 3 is 2.50 bits per heavy atom. The van der Waals surface area contributed by atoms with Gasteiger partial charge in [-0.05, 0) is 62.2 Å². The zero-order chi connectivity index (χ0) is 25.2. The maximum absolute atomic E-state index is 10.8. The molecule has 1 aliphatic rings. The first kappa shape index (κ1) is 24.5. The van der Waals surface area contributed by atoms with Crippen LogP contribution in [0.15, 0.2) is 48.8 Å². The maximum atomic E-state index is 10.8. The lowest BCUT2D eigenvalue weighted by Crippen LogP contribution is -2.49. The minimum atomic E-state index is -0.526. The fraction of sp³-hybridized carbons (Fsp3) is 0.370. The summed E-state index contributed by atoms with van der Waals surface area (Å²) in [6.45, 7) is 11.0. The van der Waals surface area contributed by atoms with E-state index in [1.165, 1.54) is 23.1 Å². The van der Waals surface area contributed by atoms with E-state index < -0.39 is 6.10 Å². The lowest BCUT2D eigenvalue weighted by atomic mass is 10.1. The number of fused-ring (bicyclic) bond motifs is 1. The molecule has 1 saturated heterocycles. The first-order valence-corrected chi connectivity index (χ1v) is 12.7. The van der Waals surface area contributed by atoms with Crippen LogP contribution >= 0.6 is 11.6 Å². The Hall–Kier alpha value is -3.20. The second kappa shape index (κ2) is 10.4. The Bertz CT molecular complexity index is 1350. The first-order chi connectivity index (χ1) is 17.4. The number of halogens is 1. The summed E-state index contributed by atoms with van der Waals surface area (Å²) in [4.78, 5) is 18.3. The van der Waals surface area contributed by atoms with Crippen molar-refractivity contribution in [3.63, 3.8) is 0 Å². The van der Waals surface area contributed by atoms with Crippen molar-refractivity contribution in [2.45, 2.75) is 26.9 Å². The van der Waals surface area contributed by atoms with Gasteiger partial charge in [0.15, 0.2) is 17.0 Å². The van der Waals surface area contributed by atoms with E-state index >= 15 is 0 Å². The standard InChI is InChI=1S/C27H32ClN7O/c1-18-5-4-6-24(19(18)2)34-13-11-33(12-14-34)16-23(36)15-29-26-25-27(31-17-30-26)35(20(3)32-25)22-9-7-21(28)8-10-22/h4-10,17,23,36H,11-16H2,1-3H3,(H,29,30,31). The van der Waals surface area contributed by atoms with Gasteiger partial charge in [0, 0.05) is 55.7 Å². The molecule has 5 rings (SSSR count). The van der Waals surface area contributed by atoms with Crippen LogP contribution in [-0.2, 0) is 0 Å². The molecule has 2 N–H and O–H groups in total. The van der Waals surface area contributed by atoms with Crippen molar-refractivity contribution in [3.8, 4) is 5.69 Å². The van der Waals surface area contributed by atoms with Crippen molar-refractivity contribution < 1.29 is 5.11 Å². The highest BCUT2D eigenvalue weighted by Gasteiger charge is 2.21. The second-order valence-corrected chi connectivity index (χ2v) is 9.84. The van der Waals surface area contributed by atoms with Crippen molar-refractivity contribution in [2.24, 2.45) is 0 Å². The SMILES string of the molecule is Cc1cccc(N2CCN(CC(O)CNc3ncnc4c3nc(C)n4-c3ccc(Cl)cc3)CC2)c1C. The number of nitrogens with zero attached hydrogens (tertiary/aromatic N) is 6. The number of hydrogen-bond donors (Lipinski definition) is 2. The highest BCUT2D eigenvalue weighted by molar-refractivity contribution is 6.30. The molecule has 0 aliphatic carbocycles. The minimum absolute atomic E-state index is 0.385. The van der Waals surface area contributed by atoms with Crippen LogP contribution in [0.5, 0.6) is 0 Å². The van der Waals surface area contributed by atoms with Crippen LogP contribution in [0.1, 0.15) is 17.0 Å². The molecule has 0 saturated carbocycles. The number of β-amino-alcohol motifs (C(OH)–C–C–N with tert-alkyl or cyclic N) is 1. The van der Waals surface area contributed by atoms with E-state index in [-0.39, 0.29) is 0 Å². The summed E-state index contributed by atoms with van der Waals surface area (Å²) in [5.74, 6) is 1.42. The summed E-state index contributed by atoms with van der Waals surface area (Å²) in [6.07, 6.45) is 0.999. The number of benzene rings is 2. The van der Waals surface area contributed by atoms with Crippen LogP contribution in [0, 0.1) is 20.8 Å². The summed E-state index contributed by atoms with van der Waals surface area (Å²) < 4.78 is 1.98. The van der Waals surface area contributed by atoms with Gasteiger partial charge >= 0.3 is 0 Å². The highest BCUT2D eigenvalue weighted by Crippen LogP contribution is 2.25. The number of aromatic nitrogens is 4. The summed E-state index contributed by atoms with van der Waals surface area (Å²) >= 11 is 6.05. The Labute approximate surface area is 216 Å². The van der Waals surface area contributed by atoms with Gasteiger partial charge in [0.1, 0.15) is 12.2 Å². The number of piperazine rings is 1. The van der Waals surface area contributed by atoms with Crippen LogP contribution in [-0.4, -0.2) is 74.9 Å². The van der Waals surface area contributed by atoms with Gasteiger partial charge in [-0.25, -0.2) is 15.0 Å². The van der Waals surface area contributed by atoms with E-state index in [0.29, 0.717) is 35.1 Å². The number of rotatable bonds is 7. The van der Waals surface area contributed by atoms with E-state index in [0.717, 1.165) is 37.7 Å². The quantitative estimate of drug-likeness (QED) is 0.393. The van der Waals surface area contributed by atoms with Crippen LogP contribution in [0.2, 0.25) is 5.02 Å². The van der Waals surface area contributed by atoms with E-state index in [4.69, 9.17) is 16.6 Å². The fourth-order valence-electron chi connectivity index (χ4n) is 4.86. The number of aryl methyl sites for hydroxylation is 2. The fourth-order valence-corrected chi connectivity index (χ4v) is 4.98. The van der Waals surface area contributed by atoms with E-state index in [2.05, 4.69) is 57.1 Å². The first-order valence-electron chi connectivity index (χ1n) is 12.3. The summed E-state index contributed by atoms with van der Waals surface area (Å²) in [5, 5.41) is 14.7. The smallest absolute Gasteiger partial charge is 0.170 e. The van der Waals surface area contributed by atoms with Gasteiger partial charge in [0.25, 0.3) is 0 Å². The van der Waals surface area contributed by atoms with Gasteiger partial charge in [-0.15, -0.1) is 0 Å². The van der Waals surface area contributed by atoms with E-state index in [9.17, 15) is 5.11 Å². The summed E-state index contributed by atoms with van der Waals surface area (Å²) in [7, 11) is 0. The van der Waals surface area contributed by atoms with Gasteiger partial charge in [0.2, 0.25) is 0 Å². The summed E-state index contributed by atoms with van der Waals surface area (Å²) in [6, 6.07) is 14.1. The Balaban J connectivity index is 1.20. The van der Waals surface area contributed by atoms with Crippen LogP contribution < -0.4 is 10.2 Å². The molecule has 36 heavy (non-hydrogen) atoms. The minimum Gasteiger partial charge on any atom is -0.390 e. The molecule has 1 aliphatic heterocycles. The molecular formula is C27H32ClN7O. The van der Waals surface area contributed by atoms with Crippen molar-refractivity contribution in [3.05, 3.63) is 70.8 Å². The van der Waals surface area contributed by atoms with Crippen molar-refractivity contribution in [1.29, 1.82) is 0 Å². The molecule has 2 aromatic heterocycles. The average molecular weight is 506 g/mol. The molecular weight excluding hydrogens is 474 g/mol. The average Bonchev–Trinajstić information content (AvgIpc) is 3.22. The van der Waals surface area contributed by atoms with Crippen LogP contribution in [0.25, 0.3) is 16.9 Å². The topological polar surface area (TPSA) is 82.3 Å². The molecule has 0 bridgehead atoms. The Morgan fingerprint density at radius 2 is 1.75 bits per heavy atom. The predicted molar refractivity (Wildman–Crippen MR) is 145 cm³/mol. The largest absolute Gasteiger partial charge is 0.390 e. The molecule has 0 spiro atoms. The number of aliphatic hydroxyl groups is 1. The monoisotopic (exact) mass is 505 g/mol. The molecule has 0 amide bonds. The highest BCUT2D eigenvalue weighted by atomic mass is 35.5. The molecule has 1 fully saturated rings. The van der Waals surface area contributed by atoms with Crippen molar-refractivity contribution in [1.82, 2.24) is 24.4 Å². The lowest BCUT2D eigenvalue weighted by molar-refractivity contribution is 0.118.